The van der Waals surface area contributed by atoms with Crippen molar-refractivity contribution in [1.82, 2.24) is 10.3 Å². The Morgan fingerprint density at radius 1 is 1.00 bits per heavy atom. The largest absolute Gasteiger partial charge is 0.465 e. The van der Waals surface area contributed by atoms with Crippen molar-refractivity contribution in [2.75, 3.05) is 7.11 Å². The number of carbonyl (C=O) groups excluding carboxylic acids is 2. The fourth-order valence-electron chi connectivity index (χ4n) is 2.49. The number of halogens is 3. The van der Waals surface area contributed by atoms with Gasteiger partial charge in [0.05, 0.1) is 18.9 Å². The van der Waals surface area contributed by atoms with E-state index in [1.807, 2.05) is 0 Å². The van der Waals surface area contributed by atoms with Crippen LogP contribution in [0, 0.1) is 17.5 Å². The van der Waals surface area contributed by atoms with Crippen LogP contribution in [0.15, 0.2) is 54.7 Å². The van der Waals surface area contributed by atoms with Crippen LogP contribution in [0.2, 0.25) is 0 Å². The van der Waals surface area contributed by atoms with Gasteiger partial charge in [0.1, 0.15) is 28.8 Å². The van der Waals surface area contributed by atoms with E-state index in [2.05, 4.69) is 15.0 Å². The minimum absolute atomic E-state index is 0.0226. The van der Waals surface area contributed by atoms with Crippen molar-refractivity contribution in [1.29, 1.82) is 0 Å². The first-order valence-electron chi connectivity index (χ1n) is 8.61. The lowest BCUT2D eigenvalue weighted by Gasteiger charge is -2.11. The third kappa shape index (κ3) is 4.93. The number of carbonyl (C=O) groups is 2. The zero-order valence-corrected chi connectivity index (χ0v) is 15.6. The number of ether oxygens (including phenoxy) is 2. The first-order valence-corrected chi connectivity index (χ1v) is 8.61. The summed E-state index contributed by atoms with van der Waals surface area (Å²) in [6.07, 6.45) is 0.862. The van der Waals surface area contributed by atoms with Crippen LogP contribution in [-0.2, 0) is 11.3 Å². The lowest BCUT2D eigenvalue weighted by molar-refractivity contribution is 0.0600. The highest BCUT2D eigenvalue weighted by atomic mass is 19.1. The smallest absolute Gasteiger partial charge is 0.337 e. The lowest BCUT2D eigenvalue weighted by Crippen LogP contribution is -2.24. The molecule has 0 saturated heterocycles. The number of pyridine rings is 1. The highest BCUT2D eigenvalue weighted by Crippen LogP contribution is 2.24. The summed E-state index contributed by atoms with van der Waals surface area (Å²) in [7, 11) is 1.17. The molecule has 0 atom stereocenters. The monoisotopic (exact) mass is 416 g/mol. The summed E-state index contributed by atoms with van der Waals surface area (Å²) in [5.74, 6) is -3.46. The van der Waals surface area contributed by atoms with Gasteiger partial charge in [-0.25, -0.2) is 22.9 Å². The van der Waals surface area contributed by atoms with Crippen LogP contribution < -0.4 is 10.1 Å². The van der Waals surface area contributed by atoms with E-state index in [1.54, 1.807) is 0 Å². The molecule has 0 fully saturated rings. The normalized spacial score (nSPS) is 10.4. The van der Waals surface area contributed by atoms with Gasteiger partial charge in [0.15, 0.2) is 0 Å². The average molecular weight is 416 g/mol. The number of methoxy groups -OCH3 is 1. The van der Waals surface area contributed by atoms with Crippen LogP contribution in [0.25, 0.3) is 0 Å². The van der Waals surface area contributed by atoms with Crippen LogP contribution in [-0.4, -0.2) is 24.0 Å². The van der Waals surface area contributed by atoms with E-state index >= 15 is 0 Å². The van der Waals surface area contributed by atoms with E-state index in [0.29, 0.717) is 0 Å². The maximum Gasteiger partial charge on any atom is 0.337 e. The van der Waals surface area contributed by atoms with Crippen LogP contribution in [0.3, 0.4) is 0 Å². The standard InChI is InChI=1S/C21H15F3N2O4/c1-29-21(28)12-2-3-13(18(24)8-12)10-25-19(27)17-9-15(23)11-26-20(17)30-16-6-4-14(22)5-7-16/h2-9,11H,10H2,1H3,(H,25,27). The summed E-state index contributed by atoms with van der Waals surface area (Å²) >= 11 is 0. The van der Waals surface area contributed by atoms with Crippen LogP contribution in [0.5, 0.6) is 11.6 Å². The Balaban J connectivity index is 1.76. The average Bonchev–Trinajstić information content (AvgIpc) is 2.74. The number of aromatic nitrogens is 1. The van der Waals surface area contributed by atoms with E-state index < -0.39 is 29.3 Å². The molecule has 0 aliphatic heterocycles. The lowest BCUT2D eigenvalue weighted by atomic mass is 10.1. The predicted octanol–water partition coefficient (Wildman–Crippen LogP) is 4.01. The summed E-state index contributed by atoms with van der Waals surface area (Å²) in [6, 6.07) is 9.52. The van der Waals surface area contributed by atoms with E-state index in [-0.39, 0.29) is 34.9 Å². The van der Waals surface area contributed by atoms with E-state index in [4.69, 9.17) is 4.74 Å². The van der Waals surface area contributed by atoms with Crippen LogP contribution >= 0.6 is 0 Å². The summed E-state index contributed by atoms with van der Waals surface area (Å²) in [5.41, 5.74) is -0.110. The Hall–Kier alpha value is -3.88. The summed E-state index contributed by atoms with van der Waals surface area (Å²) in [6.45, 7) is -0.237. The molecule has 0 saturated carbocycles. The fourth-order valence-corrected chi connectivity index (χ4v) is 2.49. The molecule has 0 radical (unpaired) electrons. The third-order valence-corrected chi connectivity index (χ3v) is 4.00. The van der Waals surface area contributed by atoms with Gasteiger partial charge in [-0.3, -0.25) is 4.79 Å². The van der Waals surface area contributed by atoms with E-state index in [9.17, 15) is 22.8 Å². The minimum Gasteiger partial charge on any atom is -0.465 e. The number of amides is 1. The maximum atomic E-state index is 14.2. The Labute approximate surface area is 169 Å². The number of rotatable bonds is 6. The van der Waals surface area contributed by atoms with Gasteiger partial charge in [-0.2, -0.15) is 0 Å². The Morgan fingerprint density at radius 3 is 2.40 bits per heavy atom. The zero-order valence-electron chi connectivity index (χ0n) is 15.6. The SMILES string of the molecule is COC(=O)c1ccc(CNC(=O)c2cc(F)cnc2Oc2ccc(F)cc2)c(F)c1. The van der Waals surface area contributed by atoms with Gasteiger partial charge in [-0.1, -0.05) is 6.07 Å². The van der Waals surface area contributed by atoms with Crippen molar-refractivity contribution in [3.05, 3.63) is 88.9 Å². The van der Waals surface area contributed by atoms with Gasteiger partial charge >= 0.3 is 5.97 Å². The van der Waals surface area contributed by atoms with Gasteiger partial charge in [0.25, 0.3) is 5.91 Å². The molecule has 1 N–H and O–H groups in total. The molecule has 1 amide bonds. The number of esters is 1. The first-order chi connectivity index (χ1) is 14.4. The van der Waals surface area contributed by atoms with Gasteiger partial charge in [-0.15, -0.1) is 0 Å². The molecule has 6 nitrogen and oxygen atoms in total. The van der Waals surface area contributed by atoms with Gasteiger partial charge in [-0.05, 0) is 42.5 Å². The molecule has 9 heteroatoms. The number of benzene rings is 2. The van der Waals surface area contributed by atoms with Crippen molar-refractivity contribution in [2.45, 2.75) is 6.54 Å². The summed E-state index contributed by atoms with van der Waals surface area (Å²) < 4.78 is 50.8. The molecule has 2 aromatic carbocycles. The van der Waals surface area contributed by atoms with E-state index in [0.717, 1.165) is 30.5 Å². The minimum atomic E-state index is -0.778. The molecule has 3 rings (SSSR count). The summed E-state index contributed by atoms with van der Waals surface area (Å²) in [5, 5.41) is 2.44. The Bertz CT molecular complexity index is 1090. The molecular formula is C21H15F3N2O4. The van der Waals surface area contributed by atoms with Gasteiger partial charge in [0.2, 0.25) is 5.88 Å². The number of nitrogens with one attached hydrogen (secondary N) is 1. The molecule has 0 unspecified atom stereocenters. The second-order valence-corrected chi connectivity index (χ2v) is 6.04. The maximum absolute atomic E-state index is 14.2. The first kappa shape index (κ1) is 20.8. The highest BCUT2D eigenvalue weighted by Gasteiger charge is 2.17. The molecule has 0 spiro atoms. The van der Waals surface area contributed by atoms with Crippen LogP contribution in [0.4, 0.5) is 13.2 Å². The second-order valence-electron chi connectivity index (χ2n) is 6.04. The quantitative estimate of drug-likeness (QED) is 0.615. The van der Waals surface area contributed by atoms with Crippen molar-refractivity contribution in [2.24, 2.45) is 0 Å². The molecule has 0 aliphatic rings. The fraction of sp³-hybridized carbons (Fsp3) is 0.0952. The predicted molar refractivity (Wildman–Crippen MR) is 99.6 cm³/mol. The Kier molecular flexibility index (Phi) is 6.31. The van der Waals surface area contributed by atoms with Crippen molar-refractivity contribution >= 4 is 11.9 Å². The van der Waals surface area contributed by atoms with Crippen LogP contribution in [0.1, 0.15) is 26.3 Å². The number of nitrogens with zero attached hydrogens (tertiary/aromatic N) is 1. The molecule has 30 heavy (non-hydrogen) atoms. The molecule has 1 heterocycles. The highest BCUT2D eigenvalue weighted by molar-refractivity contribution is 5.96. The summed E-state index contributed by atoms with van der Waals surface area (Å²) in [4.78, 5) is 27.7. The van der Waals surface area contributed by atoms with Crippen molar-refractivity contribution in [3.8, 4) is 11.6 Å². The third-order valence-electron chi connectivity index (χ3n) is 4.00. The van der Waals surface area contributed by atoms with Crippen molar-refractivity contribution in [3.63, 3.8) is 0 Å². The van der Waals surface area contributed by atoms with E-state index in [1.165, 1.54) is 31.4 Å². The molecule has 154 valence electrons. The van der Waals surface area contributed by atoms with Gasteiger partial charge < -0.3 is 14.8 Å². The zero-order chi connectivity index (χ0) is 21.7. The van der Waals surface area contributed by atoms with Gasteiger partial charge in [0, 0.05) is 12.1 Å². The number of hydrogen-bond donors (Lipinski definition) is 1. The number of hydrogen-bond acceptors (Lipinski definition) is 5. The molecule has 0 aliphatic carbocycles. The molecule has 1 aromatic heterocycles. The molecule has 3 aromatic rings. The molecule has 0 bridgehead atoms. The second kappa shape index (κ2) is 9.08. The molecular weight excluding hydrogens is 401 g/mol. The Morgan fingerprint density at radius 2 is 1.73 bits per heavy atom. The van der Waals surface area contributed by atoms with Crippen molar-refractivity contribution < 1.29 is 32.2 Å². The topological polar surface area (TPSA) is 77.5 Å².